The topological polar surface area (TPSA) is 24.5 Å². The fourth-order valence-electron chi connectivity index (χ4n) is 2.26. The quantitative estimate of drug-likeness (QED) is 0.925. The van der Waals surface area contributed by atoms with Crippen LogP contribution in [0.15, 0.2) is 22.7 Å². The van der Waals surface area contributed by atoms with E-state index in [9.17, 15) is 0 Å². The first-order valence-electron chi connectivity index (χ1n) is 6.48. The number of nitrogens with one attached hydrogen (secondary N) is 1. The lowest BCUT2D eigenvalue weighted by Gasteiger charge is -2.34. The third-order valence-electron chi connectivity index (χ3n) is 3.36. The number of morpholine rings is 1. The Bertz CT molecular complexity index is 397. The van der Waals surface area contributed by atoms with E-state index in [1.54, 1.807) is 0 Å². The fourth-order valence-corrected chi connectivity index (χ4v) is 2.51. The summed E-state index contributed by atoms with van der Waals surface area (Å²) in [5.74, 6) is 0. The number of nitrogens with zero attached hydrogens (tertiary/aromatic N) is 1. The molecule has 1 aromatic carbocycles. The Balaban J connectivity index is 2.01. The van der Waals surface area contributed by atoms with Crippen molar-refractivity contribution in [1.29, 1.82) is 0 Å². The summed E-state index contributed by atoms with van der Waals surface area (Å²) in [7, 11) is 1.98. The van der Waals surface area contributed by atoms with Gasteiger partial charge >= 0.3 is 0 Å². The van der Waals surface area contributed by atoms with E-state index in [4.69, 9.17) is 4.74 Å². The zero-order chi connectivity index (χ0) is 13.0. The molecule has 1 aliphatic rings. The molecule has 1 saturated heterocycles. The molecule has 0 aromatic heterocycles. The summed E-state index contributed by atoms with van der Waals surface area (Å²) >= 11 is 3.55. The standard InChI is InChI=1S/C14H21BrN2O/c1-11-9-12(3-4-14(11)15)17-7-8-18-13(10-17)5-6-16-2/h3-4,9,13,16H,5-8,10H2,1-2H3. The van der Waals surface area contributed by atoms with Crippen molar-refractivity contribution in [2.24, 2.45) is 0 Å². The van der Waals surface area contributed by atoms with Crippen molar-refractivity contribution in [3.63, 3.8) is 0 Å². The van der Waals surface area contributed by atoms with Gasteiger partial charge in [-0.1, -0.05) is 15.9 Å². The van der Waals surface area contributed by atoms with Crippen molar-refractivity contribution in [3.8, 4) is 0 Å². The van der Waals surface area contributed by atoms with E-state index in [0.717, 1.165) is 32.7 Å². The van der Waals surface area contributed by atoms with E-state index in [0.29, 0.717) is 6.10 Å². The Morgan fingerprint density at radius 3 is 3.06 bits per heavy atom. The maximum atomic E-state index is 5.79. The highest BCUT2D eigenvalue weighted by Crippen LogP contribution is 2.24. The van der Waals surface area contributed by atoms with Crippen LogP contribution < -0.4 is 10.2 Å². The van der Waals surface area contributed by atoms with E-state index in [-0.39, 0.29) is 0 Å². The molecule has 1 heterocycles. The molecule has 0 bridgehead atoms. The molecule has 1 aromatic rings. The van der Waals surface area contributed by atoms with Gasteiger partial charge < -0.3 is 15.0 Å². The van der Waals surface area contributed by atoms with Gasteiger partial charge in [0.05, 0.1) is 12.7 Å². The van der Waals surface area contributed by atoms with Crippen molar-refractivity contribution in [1.82, 2.24) is 5.32 Å². The predicted octanol–water partition coefficient (Wildman–Crippen LogP) is 2.57. The molecule has 0 aliphatic carbocycles. The normalized spacial score (nSPS) is 20.2. The van der Waals surface area contributed by atoms with Crippen LogP contribution in [0, 0.1) is 6.92 Å². The largest absolute Gasteiger partial charge is 0.374 e. The SMILES string of the molecule is CNCCC1CN(c2ccc(Br)c(C)c2)CCO1. The number of hydrogen-bond acceptors (Lipinski definition) is 3. The number of rotatable bonds is 4. The van der Waals surface area contributed by atoms with Gasteiger partial charge in [-0.3, -0.25) is 0 Å². The maximum absolute atomic E-state index is 5.79. The van der Waals surface area contributed by atoms with Gasteiger partial charge in [0.2, 0.25) is 0 Å². The Morgan fingerprint density at radius 2 is 2.33 bits per heavy atom. The molecule has 3 nitrogen and oxygen atoms in total. The first-order chi connectivity index (χ1) is 8.70. The maximum Gasteiger partial charge on any atom is 0.0762 e. The Morgan fingerprint density at radius 1 is 1.50 bits per heavy atom. The van der Waals surface area contributed by atoms with Crippen molar-refractivity contribution < 1.29 is 4.74 Å². The lowest BCUT2D eigenvalue weighted by Crippen LogP contribution is -2.43. The average molecular weight is 313 g/mol. The fraction of sp³-hybridized carbons (Fsp3) is 0.571. The van der Waals surface area contributed by atoms with Gasteiger partial charge in [0.1, 0.15) is 0 Å². The monoisotopic (exact) mass is 312 g/mol. The van der Waals surface area contributed by atoms with E-state index >= 15 is 0 Å². The highest BCUT2D eigenvalue weighted by Gasteiger charge is 2.20. The molecule has 1 unspecified atom stereocenters. The molecule has 1 N–H and O–H groups in total. The van der Waals surface area contributed by atoms with Crippen LogP contribution in [0.1, 0.15) is 12.0 Å². The molecule has 18 heavy (non-hydrogen) atoms. The molecular formula is C14H21BrN2O. The molecule has 1 atom stereocenters. The second-order valence-electron chi connectivity index (χ2n) is 4.76. The van der Waals surface area contributed by atoms with Crippen LogP contribution in [0.4, 0.5) is 5.69 Å². The molecule has 100 valence electrons. The zero-order valence-corrected chi connectivity index (χ0v) is 12.7. The second-order valence-corrected chi connectivity index (χ2v) is 5.62. The van der Waals surface area contributed by atoms with E-state index < -0.39 is 0 Å². The van der Waals surface area contributed by atoms with Gasteiger partial charge in [-0.25, -0.2) is 0 Å². The minimum atomic E-state index is 0.343. The number of aryl methyl sites for hydroxylation is 1. The number of anilines is 1. The third-order valence-corrected chi connectivity index (χ3v) is 4.25. The second kappa shape index (κ2) is 6.55. The first-order valence-corrected chi connectivity index (χ1v) is 7.27. The van der Waals surface area contributed by atoms with Gasteiger partial charge in [0.15, 0.2) is 0 Å². The summed E-state index contributed by atoms with van der Waals surface area (Å²) in [5, 5.41) is 3.18. The van der Waals surface area contributed by atoms with Gasteiger partial charge in [-0.2, -0.15) is 0 Å². The van der Waals surface area contributed by atoms with Gasteiger partial charge in [-0.05, 0) is 50.7 Å². The van der Waals surface area contributed by atoms with Crippen molar-refractivity contribution in [2.75, 3.05) is 38.2 Å². The number of halogens is 1. The lowest BCUT2D eigenvalue weighted by molar-refractivity contribution is 0.0358. The van der Waals surface area contributed by atoms with Crippen LogP contribution in [0.5, 0.6) is 0 Å². The number of hydrogen-bond donors (Lipinski definition) is 1. The molecule has 0 spiro atoms. The average Bonchev–Trinajstić information content (AvgIpc) is 2.40. The minimum absolute atomic E-state index is 0.343. The summed E-state index contributed by atoms with van der Waals surface area (Å²) in [6.45, 7) is 5.94. The van der Waals surface area contributed by atoms with E-state index in [1.807, 2.05) is 7.05 Å². The highest BCUT2D eigenvalue weighted by atomic mass is 79.9. The van der Waals surface area contributed by atoms with Crippen LogP contribution in [0.25, 0.3) is 0 Å². The van der Waals surface area contributed by atoms with Crippen molar-refractivity contribution in [2.45, 2.75) is 19.4 Å². The van der Waals surface area contributed by atoms with Crippen LogP contribution >= 0.6 is 15.9 Å². The summed E-state index contributed by atoms with van der Waals surface area (Å²) in [5.41, 5.74) is 2.58. The Labute approximate surface area is 118 Å². The molecule has 2 rings (SSSR count). The van der Waals surface area contributed by atoms with Gasteiger partial charge in [-0.15, -0.1) is 0 Å². The highest BCUT2D eigenvalue weighted by molar-refractivity contribution is 9.10. The molecule has 1 aliphatic heterocycles. The minimum Gasteiger partial charge on any atom is -0.374 e. The molecular weight excluding hydrogens is 292 g/mol. The number of ether oxygens (including phenoxy) is 1. The summed E-state index contributed by atoms with van der Waals surface area (Å²) in [6.07, 6.45) is 1.41. The Kier molecular flexibility index (Phi) is 5.03. The van der Waals surface area contributed by atoms with Crippen LogP contribution in [0.3, 0.4) is 0 Å². The lowest BCUT2D eigenvalue weighted by atomic mass is 10.1. The molecule has 0 radical (unpaired) electrons. The van der Waals surface area contributed by atoms with Crippen molar-refractivity contribution >= 4 is 21.6 Å². The third kappa shape index (κ3) is 3.46. The van der Waals surface area contributed by atoms with E-state index in [1.165, 1.54) is 15.7 Å². The Hall–Kier alpha value is -0.580. The molecule has 4 heteroatoms. The molecule has 1 fully saturated rings. The van der Waals surface area contributed by atoms with Crippen LogP contribution in [-0.4, -0.2) is 39.4 Å². The summed E-state index contributed by atoms with van der Waals surface area (Å²) in [6, 6.07) is 6.55. The first kappa shape index (κ1) is 13.8. The predicted molar refractivity (Wildman–Crippen MR) is 79.4 cm³/mol. The van der Waals surface area contributed by atoms with Gasteiger partial charge in [0, 0.05) is 23.2 Å². The smallest absolute Gasteiger partial charge is 0.0762 e. The summed E-state index contributed by atoms with van der Waals surface area (Å²) in [4.78, 5) is 2.42. The molecule has 0 amide bonds. The van der Waals surface area contributed by atoms with Crippen LogP contribution in [0.2, 0.25) is 0 Å². The number of benzene rings is 1. The van der Waals surface area contributed by atoms with Crippen LogP contribution in [-0.2, 0) is 4.74 Å². The zero-order valence-electron chi connectivity index (χ0n) is 11.1. The summed E-state index contributed by atoms with van der Waals surface area (Å²) < 4.78 is 6.97. The van der Waals surface area contributed by atoms with Gasteiger partial charge in [0.25, 0.3) is 0 Å². The van der Waals surface area contributed by atoms with Crippen molar-refractivity contribution in [3.05, 3.63) is 28.2 Å². The molecule has 0 saturated carbocycles. The van der Waals surface area contributed by atoms with E-state index in [2.05, 4.69) is 51.3 Å².